The van der Waals surface area contributed by atoms with E-state index in [9.17, 15) is 9.90 Å². The van der Waals surface area contributed by atoms with Crippen LogP contribution in [0, 0.1) is 5.41 Å². The minimum atomic E-state index is -0.501. The third kappa shape index (κ3) is 3.37. The molecule has 0 bridgehead atoms. The van der Waals surface area contributed by atoms with Gasteiger partial charge in [-0.2, -0.15) is 0 Å². The monoisotopic (exact) mass is 238 g/mol. The van der Waals surface area contributed by atoms with Crippen molar-refractivity contribution in [2.24, 2.45) is 5.41 Å². The molecular formula is C13H18O4. The summed E-state index contributed by atoms with van der Waals surface area (Å²) in [6.07, 6.45) is 0.701. The summed E-state index contributed by atoms with van der Waals surface area (Å²) >= 11 is 0. The van der Waals surface area contributed by atoms with E-state index in [2.05, 4.69) is 0 Å². The van der Waals surface area contributed by atoms with Crippen molar-refractivity contribution in [1.82, 2.24) is 0 Å². The van der Waals surface area contributed by atoms with Crippen LogP contribution in [0.2, 0.25) is 0 Å². The van der Waals surface area contributed by atoms with E-state index < -0.39 is 5.41 Å². The van der Waals surface area contributed by atoms with Gasteiger partial charge < -0.3 is 14.9 Å². The number of carbonyl (C=O) groups excluding carboxylic acids is 1. The van der Waals surface area contributed by atoms with Crippen LogP contribution in [0.3, 0.4) is 0 Å². The van der Waals surface area contributed by atoms with Gasteiger partial charge in [0.15, 0.2) is 11.5 Å². The molecular weight excluding hydrogens is 220 g/mol. The number of phenols is 2. The van der Waals surface area contributed by atoms with Crippen molar-refractivity contribution in [2.45, 2.75) is 33.8 Å². The van der Waals surface area contributed by atoms with Gasteiger partial charge in [-0.1, -0.05) is 13.0 Å². The number of ether oxygens (including phenoxy) is 1. The molecule has 2 N–H and O–H groups in total. The van der Waals surface area contributed by atoms with Crippen molar-refractivity contribution in [1.29, 1.82) is 0 Å². The summed E-state index contributed by atoms with van der Waals surface area (Å²) in [6.45, 7) is 5.66. The number of rotatable bonds is 4. The maximum Gasteiger partial charge on any atom is 0.311 e. The highest BCUT2D eigenvalue weighted by molar-refractivity contribution is 5.75. The van der Waals surface area contributed by atoms with E-state index in [1.54, 1.807) is 6.07 Å². The van der Waals surface area contributed by atoms with Crippen LogP contribution in [0.25, 0.3) is 0 Å². The molecule has 1 aromatic carbocycles. The zero-order valence-electron chi connectivity index (χ0n) is 10.4. The summed E-state index contributed by atoms with van der Waals surface area (Å²) < 4.78 is 5.15. The maximum atomic E-state index is 11.7. The number of phenolic OH excluding ortho intramolecular Hbond substituents is 2. The highest BCUT2D eigenvalue weighted by atomic mass is 16.5. The fourth-order valence-corrected chi connectivity index (χ4v) is 1.15. The lowest BCUT2D eigenvalue weighted by Crippen LogP contribution is -2.25. The minimum absolute atomic E-state index is 0.0934. The van der Waals surface area contributed by atoms with E-state index in [0.29, 0.717) is 12.0 Å². The van der Waals surface area contributed by atoms with Gasteiger partial charge >= 0.3 is 5.97 Å². The maximum absolute atomic E-state index is 11.7. The smallest absolute Gasteiger partial charge is 0.311 e. The van der Waals surface area contributed by atoms with Gasteiger partial charge in [0.1, 0.15) is 6.61 Å². The quantitative estimate of drug-likeness (QED) is 0.625. The summed E-state index contributed by atoms with van der Waals surface area (Å²) in [4.78, 5) is 11.7. The summed E-state index contributed by atoms with van der Waals surface area (Å²) in [5, 5.41) is 18.4. The molecule has 0 spiro atoms. The van der Waals surface area contributed by atoms with E-state index in [1.807, 2.05) is 20.8 Å². The zero-order chi connectivity index (χ0) is 13.1. The molecule has 0 aromatic heterocycles. The molecule has 0 saturated carbocycles. The third-order valence-electron chi connectivity index (χ3n) is 2.85. The van der Waals surface area contributed by atoms with Crippen LogP contribution in [0.15, 0.2) is 18.2 Å². The van der Waals surface area contributed by atoms with Gasteiger partial charge in [-0.3, -0.25) is 4.79 Å². The number of hydrogen-bond donors (Lipinski definition) is 2. The molecule has 0 radical (unpaired) electrons. The molecule has 1 aromatic rings. The predicted octanol–water partition coefficient (Wildman–Crippen LogP) is 2.58. The summed E-state index contributed by atoms with van der Waals surface area (Å²) in [5.41, 5.74) is 0.138. The Morgan fingerprint density at radius 2 is 1.94 bits per heavy atom. The Morgan fingerprint density at radius 1 is 1.29 bits per heavy atom. The van der Waals surface area contributed by atoms with Crippen LogP contribution in [0.4, 0.5) is 0 Å². The first-order valence-electron chi connectivity index (χ1n) is 5.55. The average Bonchev–Trinajstić information content (AvgIpc) is 2.30. The number of benzene rings is 1. The fourth-order valence-electron chi connectivity index (χ4n) is 1.15. The van der Waals surface area contributed by atoms with Crippen LogP contribution in [0.5, 0.6) is 11.5 Å². The molecule has 0 saturated heterocycles. The van der Waals surface area contributed by atoms with Crippen molar-refractivity contribution in [2.75, 3.05) is 0 Å². The molecule has 0 aliphatic rings. The number of carbonyl (C=O) groups is 1. The van der Waals surface area contributed by atoms with E-state index in [0.717, 1.165) is 0 Å². The van der Waals surface area contributed by atoms with Crippen molar-refractivity contribution >= 4 is 5.97 Å². The van der Waals surface area contributed by atoms with Crippen LogP contribution in [0.1, 0.15) is 32.8 Å². The molecule has 1 rings (SSSR count). The Hall–Kier alpha value is -1.71. The molecule has 0 heterocycles. The predicted molar refractivity (Wildman–Crippen MR) is 63.6 cm³/mol. The molecule has 0 unspecified atom stereocenters. The molecule has 0 atom stereocenters. The van der Waals surface area contributed by atoms with Gasteiger partial charge in [0.05, 0.1) is 5.41 Å². The second-order valence-electron chi connectivity index (χ2n) is 4.64. The largest absolute Gasteiger partial charge is 0.504 e. The Bertz CT molecular complexity index is 410. The Balaban J connectivity index is 2.62. The van der Waals surface area contributed by atoms with Gasteiger partial charge in [-0.15, -0.1) is 0 Å². The molecule has 4 nitrogen and oxygen atoms in total. The molecule has 0 aliphatic heterocycles. The van der Waals surface area contributed by atoms with E-state index >= 15 is 0 Å². The van der Waals surface area contributed by atoms with Crippen molar-refractivity contribution in [3.05, 3.63) is 23.8 Å². The number of esters is 1. The lowest BCUT2D eigenvalue weighted by molar-refractivity contribution is -0.155. The summed E-state index contributed by atoms with van der Waals surface area (Å²) in [5.74, 6) is -0.671. The number of hydrogen-bond acceptors (Lipinski definition) is 4. The van der Waals surface area contributed by atoms with Gasteiger partial charge in [0.25, 0.3) is 0 Å². The van der Waals surface area contributed by atoms with Gasteiger partial charge in [-0.05, 0) is 38.0 Å². The lowest BCUT2D eigenvalue weighted by Gasteiger charge is -2.20. The molecule has 0 amide bonds. The third-order valence-corrected chi connectivity index (χ3v) is 2.85. The number of aromatic hydroxyl groups is 2. The molecule has 17 heavy (non-hydrogen) atoms. The zero-order valence-corrected chi connectivity index (χ0v) is 10.4. The van der Waals surface area contributed by atoms with Gasteiger partial charge in [0, 0.05) is 0 Å². The van der Waals surface area contributed by atoms with Crippen LogP contribution in [-0.4, -0.2) is 16.2 Å². The second-order valence-corrected chi connectivity index (χ2v) is 4.64. The topological polar surface area (TPSA) is 66.8 Å². The first kappa shape index (κ1) is 13.4. The van der Waals surface area contributed by atoms with Crippen molar-refractivity contribution in [3.8, 4) is 11.5 Å². The Labute approximate surface area is 101 Å². The van der Waals surface area contributed by atoms with Gasteiger partial charge in [-0.25, -0.2) is 0 Å². The first-order chi connectivity index (χ1) is 7.86. The first-order valence-corrected chi connectivity index (χ1v) is 5.55. The van der Waals surface area contributed by atoms with Crippen LogP contribution in [-0.2, 0) is 16.1 Å². The lowest BCUT2D eigenvalue weighted by atomic mass is 9.91. The summed E-state index contributed by atoms with van der Waals surface area (Å²) in [6, 6.07) is 4.34. The minimum Gasteiger partial charge on any atom is -0.504 e. The molecule has 0 fully saturated rings. The van der Waals surface area contributed by atoms with Crippen LogP contribution < -0.4 is 0 Å². The molecule has 4 heteroatoms. The van der Waals surface area contributed by atoms with E-state index in [-0.39, 0.29) is 24.1 Å². The van der Waals surface area contributed by atoms with Gasteiger partial charge in [0.2, 0.25) is 0 Å². The van der Waals surface area contributed by atoms with Crippen LogP contribution >= 0.6 is 0 Å². The molecule has 94 valence electrons. The fraction of sp³-hybridized carbons (Fsp3) is 0.462. The molecule has 0 aliphatic carbocycles. The highest BCUT2D eigenvalue weighted by Gasteiger charge is 2.26. The SMILES string of the molecule is CCC(C)(C)C(=O)OCc1ccc(O)c(O)c1. The van der Waals surface area contributed by atoms with E-state index in [4.69, 9.17) is 9.84 Å². The highest BCUT2D eigenvalue weighted by Crippen LogP contribution is 2.26. The van der Waals surface area contributed by atoms with Crippen molar-refractivity contribution < 1.29 is 19.7 Å². The average molecular weight is 238 g/mol. The van der Waals surface area contributed by atoms with E-state index in [1.165, 1.54) is 12.1 Å². The van der Waals surface area contributed by atoms with Crippen molar-refractivity contribution in [3.63, 3.8) is 0 Å². The summed E-state index contributed by atoms with van der Waals surface area (Å²) in [7, 11) is 0. The second kappa shape index (κ2) is 5.08. The Morgan fingerprint density at radius 3 is 2.47 bits per heavy atom. The Kier molecular flexibility index (Phi) is 3.99. The standard InChI is InChI=1S/C13H18O4/c1-4-13(2,3)12(16)17-8-9-5-6-10(14)11(15)7-9/h5-7,14-15H,4,8H2,1-3H3. The normalized spacial score (nSPS) is 11.2.